The molecule has 3 rings (SSSR count). The van der Waals surface area contributed by atoms with Crippen LogP contribution in [-0.4, -0.2) is 15.3 Å². The maximum absolute atomic E-state index is 13.8. The Morgan fingerprint density at radius 2 is 2.00 bits per heavy atom. The van der Waals surface area contributed by atoms with Gasteiger partial charge in [0, 0.05) is 23.1 Å². The highest BCUT2D eigenvalue weighted by molar-refractivity contribution is 6.00. The third-order valence-electron chi connectivity index (χ3n) is 3.90. The molecule has 1 aromatic carbocycles. The second kappa shape index (κ2) is 5.83. The number of carbonyl (C=O) groups is 1. The van der Waals surface area contributed by atoms with E-state index in [-0.39, 0.29) is 11.7 Å². The molecule has 0 unspecified atom stereocenters. The van der Waals surface area contributed by atoms with Crippen LogP contribution in [0.4, 0.5) is 4.39 Å². The van der Waals surface area contributed by atoms with Crippen molar-refractivity contribution in [3.63, 3.8) is 0 Å². The zero-order chi connectivity index (χ0) is 16.6. The molecule has 2 aromatic heterocycles. The molecule has 23 heavy (non-hydrogen) atoms. The third kappa shape index (κ3) is 2.82. The molecule has 0 saturated heterocycles. The van der Waals surface area contributed by atoms with Gasteiger partial charge in [-0.3, -0.25) is 4.79 Å². The number of fused-ring (bicyclic) bond motifs is 1. The van der Waals surface area contributed by atoms with Crippen LogP contribution in [0.3, 0.4) is 0 Å². The maximum atomic E-state index is 13.8. The summed E-state index contributed by atoms with van der Waals surface area (Å²) in [5.74, 6) is -0.590. The SMILES string of the molecule is Cc1cc(C)n2ccc(C(=O)N[C@@H](C)c3ccccc3F)c2n1. The summed E-state index contributed by atoms with van der Waals surface area (Å²) in [5, 5.41) is 2.84. The second-order valence-electron chi connectivity index (χ2n) is 5.68. The minimum absolute atomic E-state index is 0.263. The molecule has 118 valence electrons. The summed E-state index contributed by atoms with van der Waals surface area (Å²) in [6.45, 7) is 5.62. The topological polar surface area (TPSA) is 46.4 Å². The molecule has 4 nitrogen and oxygen atoms in total. The number of aryl methyl sites for hydroxylation is 2. The molecule has 0 bridgehead atoms. The van der Waals surface area contributed by atoms with Gasteiger partial charge in [-0.25, -0.2) is 9.37 Å². The zero-order valence-corrected chi connectivity index (χ0v) is 13.3. The van der Waals surface area contributed by atoms with Gasteiger partial charge in [-0.05, 0) is 39.0 Å². The Morgan fingerprint density at radius 1 is 1.26 bits per heavy atom. The van der Waals surface area contributed by atoms with Crippen LogP contribution in [0.5, 0.6) is 0 Å². The fraction of sp³-hybridized carbons (Fsp3) is 0.222. The standard InChI is InChI=1S/C18H18FN3O/c1-11-10-12(2)22-9-8-15(17(22)20-11)18(23)21-13(3)14-6-4-5-7-16(14)19/h4-10,13H,1-3H3,(H,21,23)/t13-/m0/s1. The number of amides is 1. The highest BCUT2D eigenvalue weighted by Crippen LogP contribution is 2.19. The summed E-state index contributed by atoms with van der Waals surface area (Å²) >= 11 is 0. The Morgan fingerprint density at radius 3 is 2.74 bits per heavy atom. The van der Waals surface area contributed by atoms with Crippen molar-refractivity contribution in [2.45, 2.75) is 26.8 Å². The van der Waals surface area contributed by atoms with Gasteiger partial charge >= 0.3 is 0 Å². The number of rotatable bonds is 3. The first-order valence-electron chi connectivity index (χ1n) is 7.48. The number of nitrogens with zero attached hydrogens (tertiary/aromatic N) is 2. The van der Waals surface area contributed by atoms with E-state index in [9.17, 15) is 9.18 Å². The number of aromatic nitrogens is 2. The van der Waals surface area contributed by atoms with Gasteiger partial charge in [-0.1, -0.05) is 18.2 Å². The molecule has 0 aliphatic carbocycles. The van der Waals surface area contributed by atoms with Crippen molar-refractivity contribution >= 4 is 11.6 Å². The van der Waals surface area contributed by atoms with Gasteiger partial charge in [-0.15, -0.1) is 0 Å². The number of benzene rings is 1. The molecular weight excluding hydrogens is 293 g/mol. The van der Waals surface area contributed by atoms with Gasteiger partial charge in [0.2, 0.25) is 0 Å². The van der Waals surface area contributed by atoms with Crippen molar-refractivity contribution in [1.82, 2.24) is 14.7 Å². The Bertz CT molecular complexity index is 885. The molecule has 3 aromatic rings. The molecular formula is C18H18FN3O. The normalized spacial score (nSPS) is 12.3. The first-order valence-corrected chi connectivity index (χ1v) is 7.48. The van der Waals surface area contributed by atoms with E-state index in [4.69, 9.17) is 0 Å². The Hall–Kier alpha value is -2.69. The van der Waals surface area contributed by atoms with E-state index in [0.29, 0.717) is 16.8 Å². The lowest BCUT2D eigenvalue weighted by Crippen LogP contribution is -2.27. The van der Waals surface area contributed by atoms with Gasteiger partial charge in [-0.2, -0.15) is 0 Å². The highest BCUT2D eigenvalue weighted by atomic mass is 19.1. The van der Waals surface area contributed by atoms with E-state index in [0.717, 1.165) is 11.4 Å². The molecule has 0 saturated carbocycles. The van der Waals surface area contributed by atoms with Gasteiger partial charge < -0.3 is 9.72 Å². The van der Waals surface area contributed by atoms with Crippen molar-refractivity contribution in [2.75, 3.05) is 0 Å². The van der Waals surface area contributed by atoms with Gasteiger partial charge in [0.1, 0.15) is 11.5 Å². The molecule has 2 heterocycles. The van der Waals surface area contributed by atoms with Crippen LogP contribution in [0.1, 0.15) is 40.3 Å². The maximum Gasteiger partial charge on any atom is 0.255 e. The van der Waals surface area contributed by atoms with Gasteiger partial charge in [0.15, 0.2) is 0 Å². The lowest BCUT2D eigenvalue weighted by molar-refractivity contribution is 0.0941. The minimum atomic E-state index is -0.426. The molecule has 0 fully saturated rings. The highest BCUT2D eigenvalue weighted by Gasteiger charge is 2.18. The van der Waals surface area contributed by atoms with Crippen molar-refractivity contribution in [3.05, 3.63) is 70.9 Å². The molecule has 1 atom stereocenters. The van der Waals surface area contributed by atoms with Gasteiger partial charge in [0.05, 0.1) is 11.6 Å². The molecule has 1 N–H and O–H groups in total. The monoisotopic (exact) mass is 311 g/mol. The van der Waals surface area contributed by atoms with Crippen LogP contribution in [-0.2, 0) is 0 Å². The van der Waals surface area contributed by atoms with Crippen molar-refractivity contribution in [2.24, 2.45) is 0 Å². The summed E-state index contributed by atoms with van der Waals surface area (Å²) in [5.41, 5.74) is 3.42. The molecule has 0 aliphatic rings. The van der Waals surface area contributed by atoms with Crippen LogP contribution in [0.2, 0.25) is 0 Å². The predicted octanol–water partition coefficient (Wildman–Crippen LogP) is 3.58. The van der Waals surface area contributed by atoms with Crippen LogP contribution < -0.4 is 5.32 Å². The van der Waals surface area contributed by atoms with E-state index < -0.39 is 6.04 Å². The van der Waals surface area contributed by atoms with Crippen LogP contribution in [0.25, 0.3) is 5.65 Å². The summed E-state index contributed by atoms with van der Waals surface area (Å²) in [6, 6.07) is 9.71. The number of hydrogen-bond donors (Lipinski definition) is 1. The summed E-state index contributed by atoms with van der Waals surface area (Å²) in [4.78, 5) is 17.0. The van der Waals surface area contributed by atoms with E-state index in [2.05, 4.69) is 10.3 Å². The average Bonchev–Trinajstić information content (AvgIpc) is 2.91. The number of nitrogens with one attached hydrogen (secondary N) is 1. The molecule has 1 amide bonds. The van der Waals surface area contributed by atoms with E-state index >= 15 is 0 Å². The number of hydrogen-bond acceptors (Lipinski definition) is 2. The first-order chi connectivity index (χ1) is 11.0. The Kier molecular flexibility index (Phi) is 3.86. The lowest BCUT2D eigenvalue weighted by atomic mass is 10.1. The van der Waals surface area contributed by atoms with Crippen LogP contribution >= 0.6 is 0 Å². The van der Waals surface area contributed by atoms with Gasteiger partial charge in [0.25, 0.3) is 5.91 Å². The van der Waals surface area contributed by atoms with E-state index in [1.54, 1.807) is 31.2 Å². The average molecular weight is 311 g/mol. The minimum Gasteiger partial charge on any atom is -0.345 e. The summed E-state index contributed by atoms with van der Waals surface area (Å²) in [7, 11) is 0. The van der Waals surface area contributed by atoms with Crippen molar-refractivity contribution in [3.8, 4) is 0 Å². The largest absolute Gasteiger partial charge is 0.345 e. The number of carbonyl (C=O) groups excluding carboxylic acids is 1. The predicted molar refractivity (Wildman–Crippen MR) is 86.9 cm³/mol. The van der Waals surface area contributed by atoms with Crippen molar-refractivity contribution in [1.29, 1.82) is 0 Å². The third-order valence-corrected chi connectivity index (χ3v) is 3.90. The molecule has 5 heteroatoms. The number of halogens is 1. The molecule has 0 spiro atoms. The Labute approximate surface area is 134 Å². The smallest absolute Gasteiger partial charge is 0.255 e. The zero-order valence-electron chi connectivity index (χ0n) is 13.3. The van der Waals surface area contributed by atoms with Crippen LogP contribution in [0.15, 0.2) is 42.6 Å². The summed E-state index contributed by atoms with van der Waals surface area (Å²) < 4.78 is 15.7. The fourth-order valence-electron chi connectivity index (χ4n) is 2.75. The second-order valence-corrected chi connectivity index (χ2v) is 5.68. The quantitative estimate of drug-likeness (QED) is 0.803. The van der Waals surface area contributed by atoms with Crippen molar-refractivity contribution < 1.29 is 9.18 Å². The lowest BCUT2D eigenvalue weighted by Gasteiger charge is -2.14. The van der Waals surface area contributed by atoms with Crippen LogP contribution in [0, 0.1) is 19.7 Å². The van der Waals surface area contributed by atoms with E-state index in [1.807, 2.05) is 30.5 Å². The molecule has 0 radical (unpaired) electrons. The Balaban J connectivity index is 1.91. The molecule has 0 aliphatic heterocycles. The first kappa shape index (κ1) is 15.2. The van der Waals surface area contributed by atoms with E-state index in [1.165, 1.54) is 6.07 Å². The summed E-state index contributed by atoms with van der Waals surface area (Å²) in [6.07, 6.45) is 1.82. The fourth-order valence-corrected chi connectivity index (χ4v) is 2.75.